The summed E-state index contributed by atoms with van der Waals surface area (Å²) >= 11 is 0. The van der Waals surface area contributed by atoms with E-state index >= 15 is 0 Å². The van der Waals surface area contributed by atoms with Crippen LogP contribution < -0.4 is 5.32 Å². The van der Waals surface area contributed by atoms with E-state index in [9.17, 15) is 14.3 Å². The van der Waals surface area contributed by atoms with Gasteiger partial charge in [0.15, 0.2) is 0 Å². The van der Waals surface area contributed by atoms with Crippen molar-refractivity contribution in [2.24, 2.45) is 0 Å². The summed E-state index contributed by atoms with van der Waals surface area (Å²) in [5.74, 6) is -1.15. The molecule has 0 spiro atoms. The number of benzene rings is 2. The Hall–Kier alpha value is -2.36. The first-order valence-corrected chi connectivity index (χ1v) is 6.79. The lowest BCUT2D eigenvalue weighted by Gasteiger charge is -2.16. The standard InChI is InChI=1S/C17H18FNO2/c1-10(2)13-6-4-5-11(3)16(13)19-17(21)14-8-7-12(18)9-15(14)20/h4-10,20H,1-3H3,(H,19,21). The van der Waals surface area contributed by atoms with Crippen molar-refractivity contribution in [2.45, 2.75) is 26.7 Å². The van der Waals surface area contributed by atoms with Gasteiger partial charge in [-0.05, 0) is 36.1 Å². The molecule has 0 aromatic heterocycles. The zero-order chi connectivity index (χ0) is 15.6. The number of hydrogen-bond donors (Lipinski definition) is 2. The topological polar surface area (TPSA) is 49.3 Å². The van der Waals surface area contributed by atoms with Gasteiger partial charge in [0.2, 0.25) is 0 Å². The zero-order valence-corrected chi connectivity index (χ0v) is 12.3. The van der Waals surface area contributed by atoms with E-state index in [4.69, 9.17) is 0 Å². The molecule has 2 aromatic carbocycles. The van der Waals surface area contributed by atoms with Crippen molar-refractivity contribution in [1.82, 2.24) is 0 Å². The lowest BCUT2D eigenvalue weighted by molar-refractivity contribution is 0.102. The Morgan fingerprint density at radius 3 is 2.57 bits per heavy atom. The quantitative estimate of drug-likeness (QED) is 0.888. The molecule has 0 aliphatic carbocycles. The molecule has 0 radical (unpaired) electrons. The molecule has 2 rings (SSSR count). The molecule has 4 heteroatoms. The van der Waals surface area contributed by atoms with Crippen LogP contribution in [0.4, 0.5) is 10.1 Å². The first-order chi connectivity index (χ1) is 9.90. The van der Waals surface area contributed by atoms with Crippen molar-refractivity contribution in [3.05, 3.63) is 58.9 Å². The highest BCUT2D eigenvalue weighted by Gasteiger charge is 2.16. The Kier molecular flexibility index (Phi) is 4.26. The van der Waals surface area contributed by atoms with Crippen LogP contribution in [0.1, 0.15) is 41.3 Å². The van der Waals surface area contributed by atoms with E-state index in [2.05, 4.69) is 5.32 Å². The Balaban J connectivity index is 2.36. The molecule has 0 saturated heterocycles. The molecule has 21 heavy (non-hydrogen) atoms. The number of rotatable bonds is 3. The fraction of sp³-hybridized carbons (Fsp3) is 0.235. The molecule has 0 aliphatic rings. The van der Waals surface area contributed by atoms with E-state index in [0.29, 0.717) is 0 Å². The molecule has 0 atom stereocenters. The van der Waals surface area contributed by atoms with Crippen molar-refractivity contribution in [3.63, 3.8) is 0 Å². The third-order valence-corrected chi connectivity index (χ3v) is 3.37. The predicted molar refractivity (Wildman–Crippen MR) is 81.3 cm³/mol. The van der Waals surface area contributed by atoms with Crippen LogP contribution in [0.5, 0.6) is 5.75 Å². The van der Waals surface area contributed by atoms with E-state index in [1.54, 1.807) is 0 Å². The lowest BCUT2D eigenvalue weighted by atomic mass is 9.98. The van der Waals surface area contributed by atoms with Gasteiger partial charge in [0, 0.05) is 11.8 Å². The number of carbonyl (C=O) groups is 1. The van der Waals surface area contributed by atoms with Gasteiger partial charge in [-0.1, -0.05) is 32.0 Å². The Bertz CT molecular complexity index is 680. The molecular weight excluding hydrogens is 269 g/mol. The largest absolute Gasteiger partial charge is 0.507 e. The first-order valence-electron chi connectivity index (χ1n) is 6.79. The summed E-state index contributed by atoms with van der Waals surface area (Å²) in [5.41, 5.74) is 2.75. The average molecular weight is 287 g/mol. The van der Waals surface area contributed by atoms with Gasteiger partial charge >= 0.3 is 0 Å². The summed E-state index contributed by atoms with van der Waals surface area (Å²) in [5, 5.41) is 12.5. The highest BCUT2D eigenvalue weighted by molar-refractivity contribution is 6.06. The molecule has 0 saturated carbocycles. The highest BCUT2D eigenvalue weighted by atomic mass is 19.1. The van der Waals surface area contributed by atoms with Crippen molar-refractivity contribution in [2.75, 3.05) is 5.32 Å². The normalized spacial score (nSPS) is 10.7. The number of carbonyl (C=O) groups excluding carboxylic acids is 1. The molecule has 1 amide bonds. The smallest absolute Gasteiger partial charge is 0.259 e. The summed E-state index contributed by atoms with van der Waals surface area (Å²) in [6, 6.07) is 9.15. The van der Waals surface area contributed by atoms with Crippen LogP contribution in [0.25, 0.3) is 0 Å². The fourth-order valence-electron chi connectivity index (χ4n) is 2.22. The van der Waals surface area contributed by atoms with Gasteiger partial charge in [-0.3, -0.25) is 4.79 Å². The third kappa shape index (κ3) is 3.21. The number of hydrogen-bond acceptors (Lipinski definition) is 2. The number of amides is 1. The van der Waals surface area contributed by atoms with Gasteiger partial charge in [0.1, 0.15) is 11.6 Å². The minimum atomic E-state index is -0.581. The Morgan fingerprint density at radius 1 is 1.24 bits per heavy atom. The van der Waals surface area contributed by atoms with Crippen molar-refractivity contribution in [3.8, 4) is 5.75 Å². The summed E-state index contributed by atoms with van der Waals surface area (Å²) in [6.07, 6.45) is 0. The number of nitrogens with one attached hydrogen (secondary N) is 1. The molecule has 0 unspecified atom stereocenters. The minimum absolute atomic E-state index is 0.0503. The van der Waals surface area contributed by atoms with Crippen LogP contribution in [-0.2, 0) is 0 Å². The second-order valence-corrected chi connectivity index (χ2v) is 5.31. The van der Waals surface area contributed by atoms with Crippen LogP contribution in [0, 0.1) is 12.7 Å². The summed E-state index contributed by atoms with van der Waals surface area (Å²) in [6.45, 7) is 5.99. The van der Waals surface area contributed by atoms with Crippen LogP contribution in [0.3, 0.4) is 0 Å². The van der Waals surface area contributed by atoms with Gasteiger partial charge in [0.05, 0.1) is 5.56 Å². The Morgan fingerprint density at radius 2 is 1.95 bits per heavy atom. The number of halogens is 1. The fourth-order valence-corrected chi connectivity index (χ4v) is 2.22. The van der Waals surface area contributed by atoms with E-state index in [-0.39, 0.29) is 17.2 Å². The van der Waals surface area contributed by atoms with Crippen molar-refractivity contribution < 1.29 is 14.3 Å². The second-order valence-electron chi connectivity index (χ2n) is 5.31. The van der Waals surface area contributed by atoms with Gasteiger partial charge in [0.25, 0.3) is 5.91 Å². The maximum atomic E-state index is 13.0. The minimum Gasteiger partial charge on any atom is -0.507 e. The van der Waals surface area contributed by atoms with Gasteiger partial charge < -0.3 is 10.4 Å². The maximum absolute atomic E-state index is 13.0. The van der Waals surface area contributed by atoms with E-state index < -0.39 is 11.7 Å². The molecule has 0 aliphatic heterocycles. The molecule has 0 heterocycles. The Labute approximate surface area is 123 Å². The van der Waals surface area contributed by atoms with Crippen LogP contribution in [0.15, 0.2) is 36.4 Å². The van der Waals surface area contributed by atoms with Crippen LogP contribution >= 0.6 is 0 Å². The van der Waals surface area contributed by atoms with Crippen molar-refractivity contribution in [1.29, 1.82) is 0 Å². The van der Waals surface area contributed by atoms with Crippen LogP contribution in [0.2, 0.25) is 0 Å². The molecule has 3 nitrogen and oxygen atoms in total. The number of anilines is 1. The van der Waals surface area contributed by atoms with Gasteiger partial charge in [-0.25, -0.2) is 4.39 Å². The molecule has 2 N–H and O–H groups in total. The van der Waals surface area contributed by atoms with E-state index in [1.807, 2.05) is 39.0 Å². The van der Waals surface area contributed by atoms with Crippen LogP contribution in [-0.4, -0.2) is 11.0 Å². The van der Waals surface area contributed by atoms with E-state index in [1.165, 1.54) is 6.07 Å². The molecule has 110 valence electrons. The average Bonchev–Trinajstić information content (AvgIpc) is 2.40. The number of phenolic OH excluding ortho intramolecular Hbond substituents is 1. The predicted octanol–water partition coefficient (Wildman–Crippen LogP) is 4.22. The highest BCUT2D eigenvalue weighted by Crippen LogP contribution is 2.28. The first kappa shape index (κ1) is 15.0. The molecular formula is C17H18FNO2. The summed E-state index contributed by atoms with van der Waals surface area (Å²) < 4.78 is 13.0. The zero-order valence-electron chi connectivity index (χ0n) is 12.3. The summed E-state index contributed by atoms with van der Waals surface area (Å²) in [7, 11) is 0. The third-order valence-electron chi connectivity index (χ3n) is 3.37. The number of aryl methyl sites for hydroxylation is 1. The van der Waals surface area contributed by atoms with Gasteiger partial charge in [-0.15, -0.1) is 0 Å². The molecule has 0 bridgehead atoms. The summed E-state index contributed by atoms with van der Waals surface area (Å²) in [4.78, 5) is 12.3. The van der Waals surface area contributed by atoms with Gasteiger partial charge in [-0.2, -0.15) is 0 Å². The number of aromatic hydroxyl groups is 1. The number of phenols is 1. The lowest BCUT2D eigenvalue weighted by Crippen LogP contribution is -2.15. The van der Waals surface area contributed by atoms with Crippen molar-refractivity contribution >= 4 is 11.6 Å². The second kappa shape index (κ2) is 5.95. The molecule has 2 aromatic rings. The maximum Gasteiger partial charge on any atom is 0.259 e. The molecule has 0 fully saturated rings. The SMILES string of the molecule is Cc1cccc(C(C)C)c1NC(=O)c1ccc(F)cc1O. The monoisotopic (exact) mass is 287 g/mol. The van der Waals surface area contributed by atoms with E-state index in [0.717, 1.165) is 28.9 Å². The number of para-hydroxylation sites is 1.